The highest BCUT2D eigenvalue weighted by Gasteiger charge is 2.10. The summed E-state index contributed by atoms with van der Waals surface area (Å²) in [5.74, 6) is 1.32. The highest BCUT2D eigenvalue weighted by molar-refractivity contribution is 5.68. The third-order valence-electron chi connectivity index (χ3n) is 2.35. The van der Waals surface area contributed by atoms with E-state index in [-0.39, 0.29) is 0 Å². The molecule has 0 radical (unpaired) electrons. The minimum absolute atomic E-state index is 0.360. The molecule has 2 N–H and O–H groups in total. The Morgan fingerprint density at radius 3 is 3.13 bits per heavy atom. The first-order chi connectivity index (χ1) is 7.31. The first-order valence-corrected chi connectivity index (χ1v) is 5.17. The molecular weight excluding hydrogens is 190 g/mol. The number of aromatic nitrogens is 4. The molecule has 0 bridgehead atoms. The smallest absolute Gasteiger partial charge is 0.180 e. The first kappa shape index (κ1) is 10.0. The van der Waals surface area contributed by atoms with Gasteiger partial charge in [0.2, 0.25) is 0 Å². The lowest BCUT2D eigenvalue weighted by molar-refractivity contribution is 0.614. The molecule has 0 saturated heterocycles. The van der Waals surface area contributed by atoms with Crippen LogP contribution in [0.2, 0.25) is 0 Å². The zero-order valence-corrected chi connectivity index (χ0v) is 8.99. The molecule has 5 heteroatoms. The van der Waals surface area contributed by atoms with E-state index in [1.807, 2.05) is 0 Å². The van der Waals surface area contributed by atoms with E-state index in [2.05, 4.69) is 39.1 Å². The lowest BCUT2D eigenvalue weighted by atomic mass is 10.2. The number of likely N-dealkylation sites (N-methyl/N-ethyl adjacent to an activating group) is 1. The summed E-state index contributed by atoms with van der Waals surface area (Å²) >= 11 is 0. The number of rotatable bonds is 4. The molecule has 0 fully saturated rings. The number of aromatic amines is 1. The van der Waals surface area contributed by atoms with Crippen molar-refractivity contribution in [3.8, 4) is 0 Å². The number of hydrogen-bond donors (Lipinski definition) is 2. The molecule has 0 aliphatic rings. The molecule has 1 unspecified atom stereocenters. The van der Waals surface area contributed by atoms with Crippen molar-refractivity contribution in [2.24, 2.45) is 0 Å². The number of hydrogen-bond acceptors (Lipinski definition) is 4. The molecule has 0 aromatic carbocycles. The van der Waals surface area contributed by atoms with Crippen LogP contribution in [0, 0.1) is 0 Å². The van der Waals surface area contributed by atoms with Crippen LogP contribution in [0.3, 0.4) is 0 Å². The fourth-order valence-electron chi connectivity index (χ4n) is 1.47. The topological polar surface area (TPSA) is 66.5 Å². The lowest BCUT2D eigenvalue weighted by Crippen LogP contribution is -2.20. The minimum Gasteiger partial charge on any atom is -0.339 e. The summed E-state index contributed by atoms with van der Waals surface area (Å²) in [6.07, 6.45) is 3.26. The van der Waals surface area contributed by atoms with E-state index in [0.717, 1.165) is 30.1 Å². The summed E-state index contributed by atoms with van der Waals surface area (Å²) in [5.41, 5.74) is 1.64. The van der Waals surface area contributed by atoms with Crippen LogP contribution in [0.1, 0.15) is 25.6 Å². The fraction of sp³-hybridized carbons (Fsp3) is 0.500. The molecule has 0 spiro atoms. The van der Waals surface area contributed by atoms with Crippen LogP contribution in [0.25, 0.3) is 11.2 Å². The first-order valence-electron chi connectivity index (χ1n) is 5.17. The second-order valence-electron chi connectivity index (χ2n) is 3.59. The summed E-state index contributed by atoms with van der Waals surface area (Å²) in [5, 5.41) is 3.29. The Kier molecular flexibility index (Phi) is 2.91. The van der Waals surface area contributed by atoms with Crippen LogP contribution in [0.4, 0.5) is 0 Å². The molecular formula is C10H15N5. The van der Waals surface area contributed by atoms with Crippen molar-refractivity contribution in [1.82, 2.24) is 25.3 Å². The van der Waals surface area contributed by atoms with E-state index in [1.165, 1.54) is 6.33 Å². The molecule has 15 heavy (non-hydrogen) atoms. The minimum atomic E-state index is 0.360. The molecule has 2 aromatic heterocycles. The molecule has 0 aliphatic carbocycles. The standard InChI is InChI=1S/C10H15N5/c1-3-11-4-7(2)9-14-8-5-12-6-13-10(8)15-9/h5-7,11H,3-4H2,1-2H3,(H,12,13,14,15). The Hall–Kier alpha value is -1.49. The maximum atomic E-state index is 4.42. The molecule has 80 valence electrons. The van der Waals surface area contributed by atoms with E-state index >= 15 is 0 Å². The molecule has 1 atom stereocenters. The number of fused-ring (bicyclic) bond motifs is 1. The van der Waals surface area contributed by atoms with Gasteiger partial charge >= 0.3 is 0 Å². The molecule has 2 rings (SSSR count). The average Bonchev–Trinajstić information content (AvgIpc) is 2.69. The van der Waals surface area contributed by atoms with Crippen LogP contribution in [-0.4, -0.2) is 33.0 Å². The van der Waals surface area contributed by atoms with Gasteiger partial charge in [0, 0.05) is 12.5 Å². The third-order valence-corrected chi connectivity index (χ3v) is 2.35. The Labute approximate surface area is 88.4 Å². The van der Waals surface area contributed by atoms with Crippen LogP contribution in [-0.2, 0) is 0 Å². The summed E-state index contributed by atoms with van der Waals surface area (Å²) in [6.45, 7) is 6.12. The van der Waals surface area contributed by atoms with Crippen molar-refractivity contribution >= 4 is 11.2 Å². The Balaban J connectivity index is 2.20. The normalized spacial score (nSPS) is 13.2. The van der Waals surface area contributed by atoms with E-state index < -0.39 is 0 Å². The van der Waals surface area contributed by atoms with Gasteiger partial charge in [-0.2, -0.15) is 0 Å². The maximum Gasteiger partial charge on any atom is 0.180 e. The molecule has 2 heterocycles. The quantitative estimate of drug-likeness (QED) is 0.783. The van der Waals surface area contributed by atoms with Gasteiger partial charge in [-0.1, -0.05) is 13.8 Å². The van der Waals surface area contributed by atoms with Gasteiger partial charge < -0.3 is 10.3 Å². The fourth-order valence-corrected chi connectivity index (χ4v) is 1.47. The molecule has 0 aliphatic heterocycles. The number of H-pyrrole nitrogens is 1. The van der Waals surface area contributed by atoms with Gasteiger partial charge in [-0.3, -0.25) is 0 Å². The van der Waals surface area contributed by atoms with E-state index in [0.29, 0.717) is 5.92 Å². The summed E-state index contributed by atoms with van der Waals surface area (Å²) < 4.78 is 0. The summed E-state index contributed by atoms with van der Waals surface area (Å²) in [7, 11) is 0. The van der Waals surface area contributed by atoms with Gasteiger partial charge in [0.1, 0.15) is 17.7 Å². The highest BCUT2D eigenvalue weighted by Crippen LogP contribution is 2.13. The van der Waals surface area contributed by atoms with Crippen LogP contribution >= 0.6 is 0 Å². The Bertz CT molecular complexity index is 403. The van der Waals surface area contributed by atoms with E-state index in [4.69, 9.17) is 0 Å². The van der Waals surface area contributed by atoms with Gasteiger partial charge in [0.05, 0.1) is 6.20 Å². The van der Waals surface area contributed by atoms with E-state index in [1.54, 1.807) is 6.20 Å². The van der Waals surface area contributed by atoms with Crippen molar-refractivity contribution in [2.75, 3.05) is 13.1 Å². The second kappa shape index (κ2) is 4.35. The average molecular weight is 205 g/mol. The van der Waals surface area contributed by atoms with Gasteiger partial charge in [-0.25, -0.2) is 15.0 Å². The van der Waals surface area contributed by atoms with Gasteiger partial charge in [0.15, 0.2) is 5.65 Å². The number of imidazole rings is 1. The van der Waals surface area contributed by atoms with Crippen molar-refractivity contribution in [3.05, 3.63) is 18.3 Å². The van der Waals surface area contributed by atoms with Gasteiger partial charge in [0.25, 0.3) is 0 Å². The van der Waals surface area contributed by atoms with Crippen molar-refractivity contribution in [2.45, 2.75) is 19.8 Å². The Morgan fingerprint density at radius 1 is 1.53 bits per heavy atom. The lowest BCUT2D eigenvalue weighted by Gasteiger charge is -2.07. The van der Waals surface area contributed by atoms with Gasteiger partial charge in [-0.15, -0.1) is 0 Å². The van der Waals surface area contributed by atoms with Gasteiger partial charge in [-0.05, 0) is 6.54 Å². The maximum absolute atomic E-state index is 4.42. The zero-order chi connectivity index (χ0) is 10.7. The zero-order valence-electron chi connectivity index (χ0n) is 8.99. The van der Waals surface area contributed by atoms with Crippen molar-refractivity contribution in [3.63, 3.8) is 0 Å². The SMILES string of the molecule is CCNCC(C)c1nc2ncncc2[nH]1. The predicted octanol–water partition coefficient (Wildman–Crippen LogP) is 1.07. The van der Waals surface area contributed by atoms with Crippen molar-refractivity contribution < 1.29 is 0 Å². The second-order valence-corrected chi connectivity index (χ2v) is 3.59. The Morgan fingerprint density at radius 2 is 2.40 bits per heavy atom. The summed E-state index contributed by atoms with van der Waals surface area (Å²) in [6, 6.07) is 0. The largest absolute Gasteiger partial charge is 0.339 e. The monoisotopic (exact) mass is 205 g/mol. The molecule has 0 saturated carbocycles. The highest BCUT2D eigenvalue weighted by atomic mass is 15.0. The van der Waals surface area contributed by atoms with E-state index in [9.17, 15) is 0 Å². The predicted molar refractivity (Wildman–Crippen MR) is 58.6 cm³/mol. The third kappa shape index (κ3) is 2.12. The van der Waals surface area contributed by atoms with Crippen LogP contribution < -0.4 is 5.32 Å². The van der Waals surface area contributed by atoms with Crippen molar-refractivity contribution in [1.29, 1.82) is 0 Å². The van der Waals surface area contributed by atoms with Crippen LogP contribution in [0.5, 0.6) is 0 Å². The van der Waals surface area contributed by atoms with Crippen LogP contribution in [0.15, 0.2) is 12.5 Å². The molecule has 2 aromatic rings. The molecule has 0 amide bonds. The summed E-state index contributed by atoms with van der Waals surface area (Å²) in [4.78, 5) is 15.7. The number of nitrogens with one attached hydrogen (secondary N) is 2. The number of nitrogens with zero attached hydrogens (tertiary/aromatic N) is 3. The molecule has 5 nitrogen and oxygen atoms in total.